The van der Waals surface area contributed by atoms with Crippen molar-refractivity contribution in [2.24, 2.45) is 0 Å². The Morgan fingerprint density at radius 3 is 2.47 bits per heavy atom. The minimum absolute atomic E-state index is 0.00942. The number of nitrogens with one attached hydrogen (secondary N) is 1. The second kappa shape index (κ2) is 10.0. The molecular formula is C24H22BrF3N2O4. The third-order valence-electron chi connectivity index (χ3n) is 4.96. The number of halogens is 4. The molecule has 3 rings (SSSR count). The Morgan fingerprint density at radius 2 is 1.82 bits per heavy atom. The van der Waals surface area contributed by atoms with Gasteiger partial charge in [-0.15, -0.1) is 0 Å². The molecule has 2 aromatic carbocycles. The number of rotatable bonds is 7. The van der Waals surface area contributed by atoms with Crippen molar-refractivity contribution in [3.05, 3.63) is 91.6 Å². The molecule has 0 spiro atoms. The number of pyridine rings is 1. The summed E-state index contributed by atoms with van der Waals surface area (Å²) in [4.78, 5) is 24.9. The first kappa shape index (κ1) is 25.5. The van der Waals surface area contributed by atoms with E-state index in [1.54, 1.807) is 6.92 Å². The molecule has 10 heteroatoms. The molecule has 1 heterocycles. The smallest absolute Gasteiger partial charge is 0.273 e. The van der Waals surface area contributed by atoms with Gasteiger partial charge in [0.25, 0.3) is 11.5 Å². The van der Waals surface area contributed by atoms with Gasteiger partial charge in [0.1, 0.15) is 39.9 Å². The second-order valence-corrected chi connectivity index (χ2v) is 8.95. The molecular weight excluding hydrogens is 517 g/mol. The normalized spacial score (nSPS) is 11.4. The molecule has 1 aromatic heterocycles. The number of nitrogens with zero attached hydrogens (tertiary/aromatic N) is 1. The number of aromatic nitrogens is 1. The zero-order valence-electron chi connectivity index (χ0n) is 18.6. The SMILES string of the molecule is Cc1cc(OCc2ccc(F)cc2F)c(Br)c(=O)n1-c1cc(CNC(=O)C(C)(C)O)ccc1F. The summed E-state index contributed by atoms with van der Waals surface area (Å²) in [6.45, 7) is 4.01. The van der Waals surface area contributed by atoms with Gasteiger partial charge in [0.05, 0.1) is 5.69 Å². The van der Waals surface area contributed by atoms with Crippen LogP contribution >= 0.6 is 15.9 Å². The van der Waals surface area contributed by atoms with Crippen LogP contribution in [-0.4, -0.2) is 21.2 Å². The number of ether oxygens (including phenoxy) is 1. The molecule has 0 aliphatic rings. The summed E-state index contributed by atoms with van der Waals surface area (Å²) in [5, 5.41) is 12.3. The van der Waals surface area contributed by atoms with Crippen molar-refractivity contribution in [2.45, 2.75) is 39.5 Å². The second-order valence-electron chi connectivity index (χ2n) is 8.16. The highest BCUT2D eigenvalue weighted by atomic mass is 79.9. The predicted octanol–water partition coefficient (Wildman–Crippen LogP) is 4.29. The highest BCUT2D eigenvalue weighted by Gasteiger charge is 2.23. The van der Waals surface area contributed by atoms with Crippen molar-refractivity contribution in [3.63, 3.8) is 0 Å². The zero-order valence-corrected chi connectivity index (χ0v) is 20.2. The van der Waals surface area contributed by atoms with E-state index in [2.05, 4.69) is 21.2 Å². The van der Waals surface area contributed by atoms with E-state index in [-0.39, 0.29) is 34.6 Å². The number of carbonyl (C=O) groups excluding carboxylic acids is 1. The van der Waals surface area contributed by atoms with E-state index in [1.807, 2.05) is 0 Å². The molecule has 1 amide bonds. The average molecular weight is 539 g/mol. The van der Waals surface area contributed by atoms with Gasteiger partial charge in [-0.25, -0.2) is 13.2 Å². The molecule has 0 unspecified atom stereocenters. The van der Waals surface area contributed by atoms with Crippen molar-refractivity contribution in [1.29, 1.82) is 0 Å². The lowest BCUT2D eigenvalue weighted by molar-refractivity contribution is -0.136. The summed E-state index contributed by atoms with van der Waals surface area (Å²) in [7, 11) is 0. The van der Waals surface area contributed by atoms with Gasteiger partial charge in [0, 0.05) is 29.9 Å². The molecule has 6 nitrogen and oxygen atoms in total. The Labute approximate surface area is 202 Å². The molecule has 34 heavy (non-hydrogen) atoms. The molecule has 0 aliphatic carbocycles. The van der Waals surface area contributed by atoms with Crippen LogP contribution in [0.3, 0.4) is 0 Å². The van der Waals surface area contributed by atoms with Gasteiger partial charge >= 0.3 is 0 Å². The van der Waals surface area contributed by atoms with Crippen LogP contribution in [0.15, 0.2) is 51.7 Å². The van der Waals surface area contributed by atoms with E-state index >= 15 is 0 Å². The van der Waals surface area contributed by atoms with Crippen LogP contribution in [0.25, 0.3) is 5.69 Å². The fourth-order valence-electron chi connectivity index (χ4n) is 3.12. The zero-order chi connectivity index (χ0) is 25.2. The van der Waals surface area contributed by atoms with Gasteiger partial charge in [-0.2, -0.15) is 0 Å². The van der Waals surface area contributed by atoms with E-state index in [0.717, 1.165) is 16.7 Å². The predicted molar refractivity (Wildman–Crippen MR) is 123 cm³/mol. The van der Waals surface area contributed by atoms with E-state index in [4.69, 9.17) is 4.74 Å². The highest BCUT2D eigenvalue weighted by molar-refractivity contribution is 9.10. The van der Waals surface area contributed by atoms with Crippen LogP contribution in [-0.2, 0) is 17.9 Å². The summed E-state index contributed by atoms with van der Waals surface area (Å²) in [5.74, 6) is -2.66. The van der Waals surface area contributed by atoms with Crippen LogP contribution in [0, 0.1) is 24.4 Å². The average Bonchev–Trinajstić information content (AvgIpc) is 2.75. The van der Waals surface area contributed by atoms with Gasteiger partial charge in [0.2, 0.25) is 0 Å². The van der Waals surface area contributed by atoms with Crippen molar-refractivity contribution < 1.29 is 27.8 Å². The molecule has 0 aliphatic heterocycles. The molecule has 0 atom stereocenters. The van der Waals surface area contributed by atoms with Gasteiger partial charge in [-0.1, -0.05) is 6.07 Å². The van der Waals surface area contributed by atoms with Crippen LogP contribution in [0.2, 0.25) is 0 Å². The molecule has 3 aromatic rings. The number of aryl methyl sites for hydroxylation is 1. The molecule has 0 bridgehead atoms. The maximum absolute atomic E-state index is 14.7. The Bertz CT molecular complexity index is 1300. The lowest BCUT2D eigenvalue weighted by Crippen LogP contribution is -2.41. The first-order valence-electron chi connectivity index (χ1n) is 10.2. The number of hydrogen-bond acceptors (Lipinski definition) is 4. The van der Waals surface area contributed by atoms with Crippen molar-refractivity contribution in [2.75, 3.05) is 0 Å². The molecule has 180 valence electrons. The first-order valence-corrected chi connectivity index (χ1v) is 11.0. The Morgan fingerprint density at radius 1 is 1.12 bits per heavy atom. The molecule has 2 N–H and O–H groups in total. The summed E-state index contributed by atoms with van der Waals surface area (Å²) in [5.41, 5.74) is -1.31. The highest BCUT2D eigenvalue weighted by Crippen LogP contribution is 2.26. The summed E-state index contributed by atoms with van der Waals surface area (Å²) < 4.78 is 48.3. The lowest BCUT2D eigenvalue weighted by Gasteiger charge is -2.18. The Balaban J connectivity index is 1.90. The minimum atomic E-state index is -1.58. The Hall–Kier alpha value is -3.11. The van der Waals surface area contributed by atoms with Crippen molar-refractivity contribution in [1.82, 2.24) is 9.88 Å². The molecule has 0 saturated heterocycles. The van der Waals surface area contributed by atoms with E-state index < -0.39 is 34.5 Å². The van der Waals surface area contributed by atoms with Gasteiger partial charge < -0.3 is 15.2 Å². The number of carbonyl (C=O) groups is 1. The minimum Gasteiger partial charge on any atom is -0.487 e. The van der Waals surface area contributed by atoms with Gasteiger partial charge in [0.15, 0.2) is 0 Å². The third kappa shape index (κ3) is 5.68. The maximum Gasteiger partial charge on any atom is 0.273 e. The lowest BCUT2D eigenvalue weighted by atomic mass is 10.1. The number of hydrogen-bond donors (Lipinski definition) is 2. The summed E-state index contributed by atoms with van der Waals surface area (Å²) in [6.07, 6.45) is 0. The van der Waals surface area contributed by atoms with E-state index in [9.17, 15) is 27.9 Å². The summed E-state index contributed by atoms with van der Waals surface area (Å²) in [6, 6.07) is 8.58. The Kier molecular flexibility index (Phi) is 7.52. The number of amides is 1. The first-order chi connectivity index (χ1) is 15.9. The fraction of sp³-hybridized carbons (Fsp3) is 0.250. The van der Waals surface area contributed by atoms with Crippen molar-refractivity contribution >= 4 is 21.8 Å². The summed E-state index contributed by atoms with van der Waals surface area (Å²) >= 11 is 3.16. The largest absolute Gasteiger partial charge is 0.487 e. The van der Waals surface area contributed by atoms with E-state index in [0.29, 0.717) is 11.3 Å². The quantitative estimate of drug-likeness (QED) is 0.470. The fourth-order valence-corrected chi connectivity index (χ4v) is 3.52. The van der Waals surface area contributed by atoms with Crippen LogP contribution < -0.4 is 15.6 Å². The topological polar surface area (TPSA) is 80.6 Å². The standard InChI is InChI=1S/C24H22BrF3N2O4/c1-13-8-20(34-12-15-5-6-16(26)10-18(15)28)21(25)22(31)30(13)19-9-14(4-7-17(19)27)11-29-23(32)24(2,3)33/h4-10,33H,11-12H2,1-3H3,(H,29,32). The van der Waals surface area contributed by atoms with Gasteiger partial charge in [-0.3, -0.25) is 14.2 Å². The third-order valence-corrected chi connectivity index (χ3v) is 5.69. The molecule has 0 fully saturated rings. The van der Waals surface area contributed by atoms with Crippen LogP contribution in [0.4, 0.5) is 13.2 Å². The van der Waals surface area contributed by atoms with Crippen molar-refractivity contribution in [3.8, 4) is 11.4 Å². The molecule has 0 radical (unpaired) electrons. The van der Waals surface area contributed by atoms with Crippen LogP contribution in [0.5, 0.6) is 5.75 Å². The number of aliphatic hydroxyl groups is 1. The van der Waals surface area contributed by atoms with Gasteiger partial charge in [-0.05, 0) is 66.5 Å². The number of benzene rings is 2. The van der Waals surface area contributed by atoms with Crippen LogP contribution in [0.1, 0.15) is 30.7 Å². The molecule has 0 saturated carbocycles. The monoisotopic (exact) mass is 538 g/mol. The van der Waals surface area contributed by atoms with E-state index in [1.165, 1.54) is 44.2 Å². The maximum atomic E-state index is 14.7.